The predicted octanol–water partition coefficient (Wildman–Crippen LogP) is 3.74. The molecule has 0 aliphatic carbocycles. The molecule has 94 valence electrons. The van der Waals surface area contributed by atoms with Gasteiger partial charge in [-0.2, -0.15) is 0 Å². The van der Waals surface area contributed by atoms with Crippen LogP contribution in [0.2, 0.25) is 0 Å². The van der Waals surface area contributed by atoms with Crippen LogP contribution in [0.25, 0.3) is 0 Å². The van der Waals surface area contributed by atoms with Gasteiger partial charge in [-0.05, 0) is 23.1 Å². The summed E-state index contributed by atoms with van der Waals surface area (Å²) < 4.78 is 11.8. The lowest BCUT2D eigenvalue weighted by Crippen LogP contribution is -2.29. The van der Waals surface area contributed by atoms with Crippen LogP contribution in [0.3, 0.4) is 0 Å². The summed E-state index contributed by atoms with van der Waals surface area (Å²) in [6, 6.07) is 14.3. The van der Waals surface area contributed by atoms with Crippen molar-refractivity contribution in [3.8, 4) is 5.06 Å². The average Bonchev–Trinajstić information content (AvgIpc) is 3.10. The standard InChI is InChI=1S/C14H14O2S2/c1-2-5-12(6-3-1)14(16-8-10-18-14)11-15-13-7-4-9-17-13/h1-7,9H,8,10-11H2. The predicted molar refractivity (Wildman–Crippen MR) is 76.3 cm³/mol. The molecule has 3 rings (SSSR count). The Labute approximate surface area is 115 Å². The molecule has 4 heteroatoms. The largest absolute Gasteiger partial charge is 0.480 e. The van der Waals surface area contributed by atoms with E-state index in [2.05, 4.69) is 12.1 Å². The first-order valence-electron chi connectivity index (χ1n) is 5.89. The first-order valence-corrected chi connectivity index (χ1v) is 7.75. The van der Waals surface area contributed by atoms with E-state index in [1.54, 1.807) is 11.3 Å². The number of hydrogen-bond acceptors (Lipinski definition) is 4. The van der Waals surface area contributed by atoms with E-state index in [1.807, 2.05) is 47.5 Å². The van der Waals surface area contributed by atoms with E-state index in [0.29, 0.717) is 6.61 Å². The van der Waals surface area contributed by atoms with Gasteiger partial charge in [-0.3, -0.25) is 0 Å². The number of thiophene rings is 1. The second-order valence-corrected chi connectivity index (χ2v) is 6.30. The molecule has 0 bridgehead atoms. The Morgan fingerprint density at radius 2 is 2.06 bits per heavy atom. The van der Waals surface area contributed by atoms with Crippen LogP contribution in [0.5, 0.6) is 5.06 Å². The van der Waals surface area contributed by atoms with Crippen molar-refractivity contribution in [2.24, 2.45) is 0 Å². The highest BCUT2D eigenvalue weighted by molar-refractivity contribution is 8.00. The fourth-order valence-corrected chi connectivity index (χ4v) is 3.68. The Bertz CT molecular complexity index is 476. The Morgan fingerprint density at radius 1 is 1.17 bits per heavy atom. The molecule has 1 aromatic heterocycles. The number of ether oxygens (including phenoxy) is 2. The first kappa shape index (κ1) is 12.1. The zero-order chi connectivity index (χ0) is 12.3. The number of thioether (sulfide) groups is 1. The minimum Gasteiger partial charge on any atom is -0.480 e. The van der Waals surface area contributed by atoms with Crippen molar-refractivity contribution in [1.82, 2.24) is 0 Å². The second kappa shape index (κ2) is 5.34. The molecule has 1 fully saturated rings. The van der Waals surface area contributed by atoms with Crippen molar-refractivity contribution in [3.63, 3.8) is 0 Å². The highest BCUT2D eigenvalue weighted by atomic mass is 32.2. The Kier molecular flexibility index (Phi) is 3.59. The summed E-state index contributed by atoms with van der Waals surface area (Å²) in [7, 11) is 0. The van der Waals surface area contributed by atoms with Crippen LogP contribution in [0.15, 0.2) is 47.8 Å². The maximum atomic E-state index is 5.97. The van der Waals surface area contributed by atoms with Gasteiger partial charge in [0.25, 0.3) is 0 Å². The molecule has 18 heavy (non-hydrogen) atoms. The molecular formula is C14H14O2S2. The maximum Gasteiger partial charge on any atom is 0.173 e. The number of rotatable bonds is 4. The normalized spacial score (nSPS) is 23.1. The van der Waals surface area contributed by atoms with Crippen molar-refractivity contribution < 1.29 is 9.47 Å². The second-order valence-electron chi connectivity index (χ2n) is 4.04. The van der Waals surface area contributed by atoms with Crippen LogP contribution in [-0.2, 0) is 9.67 Å². The van der Waals surface area contributed by atoms with Crippen molar-refractivity contribution in [2.75, 3.05) is 19.0 Å². The third-order valence-electron chi connectivity index (χ3n) is 2.87. The topological polar surface area (TPSA) is 18.5 Å². The summed E-state index contributed by atoms with van der Waals surface area (Å²) in [6.45, 7) is 1.34. The fraction of sp³-hybridized carbons (Fsp3) is 0.286. The molecule has 1 aliphatic rings. The summed E-state index contributed by atoms with van der Waals surface area (Å²) in [5.74, 6) is 1.02. The van der Waals surface area contributed by atoms with E-state index in [1.165, 1.54) is 5.56 Å². The van der Waals surface area contributed by atoms with Crippen LogP contribution in [-0.4, -0.2) is 19.0 Å². The average molecular weight is 278 g/mol. The van der Waals surface area contributed by atoms with Gasteiger partial charge in [-0.25, -0.2) is 0 Å². The van der Waals surface area contributed by atoms with Crippen LogP contribution in [0.1, 0.15) is 5.56 Å². The molecule has 2 nitrogen and oxygen atoms in total. The quantitative estimate of drug-likeness (QED) is 0.848. The van der Waals surface area contributed by atoms with Crippen molar-refractivity contribution in [2.45, 2.75) is 4.93 Å². The van der Waals surface area contributed by atoms with Crippen molar-refractivity contribution >= 4 is 23.1 Å². The van der Waals surface area contributed by atoms with Crippen LogP contribution >= 0.6 is 23.1 Å². The van der Waals surface area contributed by atoms with Gasteiger partial charge in [0, 0.05) is 5.75 Å². The molecular weight excluding hydrogens is 264 g/mol. The molecule has 1 aliphatic heterocycles. The molecule has 0 spiro atoms. The summed E-state index contributed by atoms with van der Waals surface area (Å²) in [5, 5.41) is 2.97. The lowest BCUT2D eigenvalue weighted by atomic mass is 10.1. The minimum atomic E-state index is -0.342. The van der Waals surface area contributed by atoms with Gasteiger partial charge in [0.2, 0.25) is 0 Å². The molecule has 1 aromatic carbocycles. The molecule has 1 atom stereocenters. The van der Waals surface area contributed by atoms with Gasteiger partial charge in [0.1, 0.15) is 6.61 Å². The maximum absolute atomic E-state index is 5.97. The summed E-state index contributed by atoms with van der Waals surface area (Å²) in [5.41, 5.74) is 1.18. The Morgan fingerprint density at radius 3 is 2.72 bits per heavy atom. The van der Waals surface area contributed by atoms with E-state index >= 15 is 0 Å². The molecule has 1 saturated heterocycles. The van der Waals surface area contributed by atoms with Gasteiger partial charge in [-0.15, -0.1) is 23.1 Å². The first-order chi connectivity index (χ1) is 8.89. The van der Waals surface area contributed by atoms with Gasteiger partial charge in [0.15, 0.2) is 10.00 Å². The van der Waals surface area contributed by atoms with Crippen molar-refractivity contribution in [1.29, 1.82) is 0 Å². The monoisotopic (exact) mass is 278 g/mol. The van der Waals surface area contributed by atoms with Gasteiger partial charge < -0.3 is 9.47 Å². The van der Waals surface area contributed by atoms with Crippen molar-refractivity contribution in [3.05, 3.63) is 53.4 Å². The van der Waals surface area contributed by atoms with Gasteiger partial charge in [-0.1, -0.05) is 30.3 Å². The molecule has 0 saturated carbocycles. The highest BCUT2D eigenvalue weighted by Gasteiger charge is 2.39. The van der Waals surface area contributed by atoms with E-state index in [0.717, 1.165) is 17.4 Å². The van der Waals surface area contributed by atoms with E-state index in [4.69, 9.17) is 9.47 Å². The van der Waals surface area contributed by atoms with Crippen LogP contribution < -0.4 is 4.74 Å². The zero-order valence-corrected chi connectivity index (χ0v) is 11.5. The molecule has 0 radical (unpaired) electrons. The van der Waals surface area contributed by atoms with Gasteiger partial charge >= 0.3 is 0 Å². The summed E-state index contributed by atoms with van der Waals surface area (Å²) in [6.07, 6.45) is 0. The molecule has 0 amide bonds. The summed E-state index contributed by atoms with van der Waals surface area (Å²) in [4.78, 5) is -0.342. The van der Waals surface area contributed by atoms with Crippen LogP contribution in [0.4, 0.5) is 0 Å². The SMILES string of the molecule is c1ccc(C2(COc3cccs3)OCCS2)cc1. The Balaban J connectivity index is 1.79. The van der Waals surface area contributed by atoms with E-state index < -0.39 is 0 Å². The van der Waals surface area contributed by atoms with E-state index in [9.17, 15) is 0 Å². The zero-order valence-electron chi connectivity index (χ0n) is 9.87. The number of benzene rings is 1. The molecule has 0 N–H and O–H groups in total. The minimum absolute atomic E-state index is 0.342. The lowest BCUT2D eigenvalue weighted by Gasteiger charge is -2.27. The van der Waals surface area contributed by atoms with Crippen LogP contribution in [0, 0.1) is 0 Å². The lowest BCUT2D eigenvalue weighted by molar-refractivity contribution is 0.0134. The smallest absolute Gasteiger partial charge is 0.173 e. The summed E-state index contributed by atoms with van der Waals surface area (Å²) >= 11 is 3.44. The fourth-order valence-electron chi connectivity index (χ4n) is 1.99. The third-order valence-corrected chi connectivity index (χ3v) is 4.95. The molecule has 1 unspecified atom stereocenters. The van der Waals surface area contributed by atoms with Gasteiger partial charge in [0.05, 0.1) is 6.61 Å². The highest BCUT2D eigenvalue weighted by Crippen LogP contribution is 2.42. The Hall–Kier alpha value is -0.970. The molecule has 2 heterocycles. The number of hydrogen-bond donors (Lipinski definition) is 0. The van der Waals surface area contributed by atoms with E-state index in [-0.39, 0.29) is 4.93 Å². The third kappa shape index (κ3) is 2.41. The molecule has 2 aromatic rings.